The second kappa shape index (κ2) is 4.59. The molecule has 0 bridgehead atoms. The van der Waals surface area contributed by atoms with Crippen molar-refractivity contribution in [3.63, 3.8) is 0 Å². The average molecular weight is 272 g/mol. The molecule has 19 heavy (non-hydrogen) atoms. The van der Waals surface area contributed by atoms with E-state index in [1.165, 1.54) is 12.1 Å². The minimum atomic E-state index is -4.64. The van der Waals surface area contributed by atoms with Crippen LogP contribution in [-0.2, 0) is 0 Å². The van der Waals surface area contributed by atoms with Crippen molar-refractivity contribution in [1.29, 1.82) is 0 Å². The van der Waals surface area contributed by atoms with Crippen LogP contribution in [0.5, 0.6) is 5.75 Å². The lowest BCUT2D eigenvalue weighted by Gasteiger charge is -2.20. The van der Waals surface area contributed by atoms with E-state index in [4.69, 9.17) is 0 Å². The van der Waals surface area contributed by atoms with Crippen molar-refractivity contribution in [2.24, 2.45) is 5.92 Å². The number of ether oxygens (including phenoxy) is 1. The van der Waals surface area contributed by atoms with Gasteiger partial charge < -0.3 is 15.0 Å². The van der Waals surface area contributed by atoms with Gasteiger partial charge in [-0.15, -0.1) is 13.2 Å². The molecule has 0 aromatic heterocycles. The molecule has 0 saturated carbocycles. The SMILES string of the molecule is FC(F)(F)Oc1cccc(N2CC3CCNC3C2)c1. The molecule has 1 aromatic rings. The van der Waals surface area contributed by atoms with Crippen molar-refractivity contribution in [3.8, 4) is 5.75 Å². The fourth-order valence-electron chi connectivity index (χ4n) is 2.94. The summed E-state index contributed by atoms with van der Waals surface area (Å²) in [7, 11) is 0. The largest absolute Gasteiger partial charge is 0.573 e. The second-order valence-corrected chi connectivity index (χ2v) is 5.06. The number of hydrogen-bond acceptors (Lipinski definition) is 3. The Morgan fingerprint density at radius 3 is 2.84 bits per heavy atom. The predicted molar refractivity (Wildman–Crippen MR) is 65.2 cm³/mol. The molecule has 3 rings (SSSR count). The van der Waals surface area contributed by atoms with E-state index in [0.717, 1.165) is 31.7 Å². The van der Waals surface area contributed by atoms with E-state index in [0.29, 0.717) is 12.0 Å². The molecule has 6 heteroatoms. The molecule has 2 unspecified atom stereocenters. The molecule has 0 amide bonds. The standard InChI is InChI=1S/C13H15F3N2O/c14-13(15,16)19-11-3-1-2-10(6-11)18-7-9-4-5-17-12(9)8-18/h1-3,6,9,12,17H,4-5,7-8H2. The Morgan fingerprint density at radius 2 is 2.11 bits per heavy atom. The van der Waals surface area contributed by atoms with E-state index >= 15 is 0 Å². The summed E-state index contributed by atoms with van der Waals surface area (Å²) < 4.78 is 40.5. The van der Waals surface area contributed by atoms with E-state index in [9.17, 15) is 13.2 Å². The van der Waals surface area contributed by atoms with Gasteiger partial charge in [0.15, 0.2) is 0 Å². The predicted octanol–water partition coefficient (Wildman–Crippen LogP) is 2.38. The molecular formula is C13H15F3N2O. The van der Waals surface area contributed by atoms with Crippen LogP contribution in [-0.4, -0.2) is 32.0 Å². The van der Waals surface area contributed by atoms with Crippen LogP contribution in [0.1, 0.15) is 6.42 Å². The third-order valence-electron chi connectivity index (χ3n) is 3.78. The van der Waals surface area contributed by atoms with Gasteiger partial charge in [0.05, 0.1) is 0 Å². The van der Waals surface area contributed by atoms with Gasteiger partial charge in [0, 0.05) is 30.9 Å². The summed E-state index contributed by atoms with van der Waals surface area (Å²) >= 11 is 0. The van der Waals surface area contributed by atoms with Gasteiger partial charge in [0.2, 0.25) is 0 Å². The number of hydrogen-bond donors (Lipinski definition) is 1. The van der Waals surface area contributed by atoms with Crippen LogP contribution >= 0.6 is 0 Å². The fourth-order valence-corrected chi connectivity index (χ4v) is 2.94. The minimum absolute atomic E-state index is 0.157. The van der Waals surface area contributed by atoms with Crippen molar-refractivity contribution in [2.45, 2.75) is 18.8 Å². The third kappa shape index (κ3) is 2.78. The van der Waals surface area contributed by atoms with Gasteiger partial charge >= 0.3 is 6.36 Å². The van der Waals surface area contributed by atoms with Gasteiger partial charge in [-0.05, 0) is 31.0 Å². The van der Waals surface area contributed by atoms with Crippen molar-refractivity contribution >= 4 is 5.69 Å². The first kappa shape index (κ1) is 12.6. The minimum Gasteiger partial charge on any atom is -0.406 e. The number of benzene rings is 1. The normalized spacial score (nSPS) is 26.6. The van der Waals surface area contributed by atoms with Crippen LogP contribution in [0.25, 0.3) is 0 Å². The summed E-state index contributed by atoms with van der Waals surface area (Å²) in [5.74, 6) is 0.446. The molecule has 0 aliphatic carbocycles. The summed E-state index contributed by atoms with van der Waals surface area (Å²) in [5.41, 5.74) is 0.790. The Balaban J connectivity index is 1.73. The fraction of sp³-hybridized carbons (Fsp3) is 0.538. The van der Waals surface area contributed by atoms with Crippen LogP contribution in [0.4, 0.5) is 18.9 Å². The zero-order valence-electron chi connectivity index (χ0n) is 10.3. The Hall–Kier alpha value is -1.43. The first-order valence-corrected chi connectivity index (χ1v) is 6.35. The highest BCUT2D eigenvalue weighted by Crippen LogP contribution is 2.32. The molecular weight excluding hydrogens is 257 g/mol. The quantitative estimate of drug-likeness (QED) is 0.894. The van der Waals surface area contributed by atoms with Gasteiger partial charge in [-0.2, -0.15) is 0 Å². The molecule has 104 valence electrons. The molecule has 3 nitrogen and oxygen atoms in total. The Kier molecular flexibility index (Phi) is 3.05. The number of nitrogens with zero attached hydrogens (tertiary/aromatic N) is 1. The van der Waals surface area contributed by atoms with Gasteiger partial charge in [0.25, 0.3) is 0 Å². The van der Waals surface area contributed by atoms with Crippen LogP contribution in [0.3, 0.4) is 0 Å². The number of rotatable bonds is 2. The van der Waals surface area contributed by atoms with Gasteiger partial charge in [-0.3, -0.25) is 0 Å². The molecule has 1 N–H and O–H groups in total. The van der Waals surface area contributed by atoms with Gasteiger partial charge in [0.1, 0.15) is 5.75 Å². The first-order chi connectivity index (χ1) is 9.01. The number of anilines is 1. The molecule has 2 saturated heterocycles. The Labute approximate surface area is 109 Å². The molecule has 2 fully saturated rings. The molecule has 2 atom stereocenters. The highest BCUT2D eigenvalue weighted by molar-refractivity contribution is 5.52. The molecule has 0 spiro atoms. The highest BCUT2D eigenvalue weighted by atomic mass is 19.4. The van der Waals surface area contributed by atoms with Crippen molar-refractivity contribution in [3.05, 3.63) is 24.3 Å². The van der Waals surface area contributed by atoms with E-state index in [1.807, 2.05) is 6.07 Å². The van der Waals surface area contributed by atoms with Crippen LogP contribution in [0.15, 0.2) is 24.3 Å². The average Bonchev–Trinajstić information content (AvgIpc) is 2.86. The second-order valence-electron chi connectivity index (χ2n) is 5.06. The van der Waals surface area contributed by atoms with Crippen molar-refractivity contribution < 1.29 is 17.9 Å². The lowest BCUT2D eigenvalue weighted by Crippen LogP contribution is -2.30. The highest BCUT2D eigenvalue weighted by Gasteiger charge is 2.36. The number of fused-ring (bicyclic) bond motifs is 1. The van der Waals surface area contributed by atoms with Crippen LogP contribution < -0.4 is 15.0 Å². The van der Waals surface area contributed by atoms with Crippen molar-refractivity contribution in [1.82, 2.24) is 5.32 Å². The van der Waals surface area contributed by atoms with Crippen molar-refractivity contribution in [2.75, 3.05) is 24.5 Å². The van der Waals surface area contributed by atoms with E-state index in [1.54, 1.807) is 6.07 Å². The summed E-state index contributed by atoms with van der Waals surface area (Å²) in [4.78, 5) is 2.12. The zero-order chi connectivity index (χ0) is 13.5. The number of alkyl halides is 3. The summed E-state index contributed by atoms with van der Waals surface area (Å²) in [6, 6.07) is 6.66. The molecule has 2 aliphatic rings. The lowest BCUT2D eigenvalue weighted by atomic mass is 10.1. The maximum Gasteiger partial charge on any atom is 0.573 e. The monoisotopic (exact) mass is 272 g/mol. The molecule has 2 aliphatic heterocycles. The van der Waals surface area contributed by atoms with E-state index < -0.39 is 6.36 Å². The maximum absolute atomic E-state index is 12.2. The maximum atomic E-state index is 12.2. The first-order valence-electron chi connectivity index (χ1n) is 6.35. The number of nitrogens with one attached hydrogen (secondary N) is 1. The zero-order valence-corrected chi connectivity index (χ0v) is 10.3. The van der Waals surface area contributed by atoms with E-state index in [2.05, 4.69) is 15.0 Å². The third-order valence-corrected chi connectivity index (χ3v) is 3.78. The molecule has 1 aromatic carbocycles. The molecule has 2 heterocycles. The Bertz CT molecular complexity index is 451. The summed E-state index contributed by atoms with van der Waals surface area (Å²) in [6.45, 7) is 2.79. The Morgan fingerprint density at radius 1 is 1.26 bits per heavy atom. The molecule has 0 radical (unpaired) electrons. The van der Waals surface area contributed by atoms with Crippen LogP contribution in [0, 0.1) is 5.92 Å². The van der Waals surface area contributed by atoms with Gasteiger partial charge in [-0.1, -0.05) is 6.07 Å². The lowest BCUT2D eigenvalue weighted by molar-refractivity contribution is -0.274. The summed E-state index contributed by atoms with van der Waals surface area (Å²) in [5, 5.41) is 3.42. The summed E-state index contributed by atoms with van der Waals surface area (Å²) in [6.07, 6.45) is -3.50. The smallest absolute Gasteiger partial charge is 0.406 e. The number of halogens is 3. The van der Waals surface area contributed by atoms with Crippen LogP contribution in [0.2, 0.25) is 0 Å². The topological polar surface area (TPSA) is 24.5 Å². The van der Waals surface area contributed by atoms with Gasteiger partial charge in [-0.25, -0.2) is 0 Å². The van der Waals surface area contributed by atoms with E-state index in [-0.39, 0.29) is 5.75 Å².